The van der Waals surface area contributed by atoms with Gasteiger partial charge in [0.15, 0.2) is 6.61 Å². The summed E-state index contributed by atoms with van der Waals surface area (Å²) in [5.74, 6) is 2.16. The van der Waals surface area contributed by atoms with Gasteiger partial charge in [0.2, 0.25) is 5.78 Å². The van der Waals surface area contributed by atoms with Gasteiger partial charge in [-0.2, -0.15) is 0 Å². The molecule has 0 unspecified atom stereocenters. The number of ether oxygens (including phenoxy) is 1. The molecule has 0 aliphatic heterocycles. The van der Waals surface area contributed by atoms with Gasteiger partial charge in [-0.05, 0) is 65.8 Å². The van der Waals surface area contributed by atoms with Gasteiger partial charge in [0, 0.05) is 11.5 Å². The monoisotopic (exact) mass is 356 g/mol. The van der Waals surface area contributed by atoms with Crippen molar-refractivity contribution in [3.05, 3.63) is 50.7 Å². The number of carbonyl (C=O) groups is 1. The molecule has 0 saturated heterocycles. The van der Waals surface area contributed by atoms with Crippen molar-refractivity contribution in [2.75, 3.05) is 13.2 Å². The second-order valence-corrected chi connectivity index (χ2v) is 9.04. The summed E-state index contributed by atoms with van der Waals surface area (Å²) in [6.45, 7) is 7.06. The highest BCUT2D eigenvalue weighted by Crippen LogP contribution is 2.71. The van der Waals surface area contributed by atoms with E-state index in [4.69, 9.17) is 9.84 Å². The fourth-order valence-corrected chi connectivity index (χ4v) is 5.61. The quantitative estimate of drug-likeness (QED) is 0.791. The summed E-state index contributed by atoms with van der Waals surface area (Å²) in [5.41, 5.74) is 4.22. The van der Waals surface area contributed by atoms with Gasteiger partial charge in [-0.3, -0.25) is 4.79 Å². The van der Waals surface area contributed by atoms with E-state index in [2.05, 4.69) is 20.8 Å². The van der Waals surface area contributed by atoms with Gasteiger partial charge >= 0.3 is 0 Å². The van der Waals surface area contributed by atoms with E-state index >= 15 is 0 Å². The van der Waals surface area contributed by atoms with E-state index in [0.29, 0.717) is 23.5 Å². The van der Waals surface area contributed by atoms with Crippen molar-refractivity contribution >= 4 is 17.1 Å². The minimum absolute atomic E-state index is 0.0878. The van der Waals surface area contributed by atoms with Crippen molar-refractivity contribution in [3.63, 3.8) is 0 Å². The Morgan fingerprint density at radius 1 is 1.32 bits per heavy atom. The van der Waals surface area contributed by atoms with Crippen LogP contribution in [0.4, 0.5) is 0 Å². The van der Waals surface area contributed by atoms with E-state index in [-0.39, 0.29) is 19.0 Å². The average molecular weight is 356 g/mol. The summed E-state index contributed by atoms with van der Waals surface area (Å²) in [4.78, 5) is 14.9. The third-order valence-corrected chi connectivity index (χ3v) is 7.17. The summed E-state index contributed by atoms with van der Waals surface area (Å²) in [6.07, 6.45) is 1.69. The van der Waals surface area contributed by atoms with Gasteiger partial charge in [-0.15, -0.1) is 11.3 Å². The number of Topliss-reactive ketones (excluding diaryl/α,β-unsaturated/α-hetero) is 1. The molecule has 1 aromatic heterocycles. The minimum Gasteiger partial charge on any atom is -0.485 e. The number of benzene rings is 1. The lowest BCUT2D eigenvalue weighted by molar-refractivity contribution is 0.0924. The van der Waals surface area contributed by atoms with Gasteiger partial charge in [0.05, 0.1) is 4.88 Å². The van der Waals surface area contributed by atoms with E-state index < -0.39 is 0 Å². The number of carbonyl (C=O) groups excluding carboxylic acids is 1. The first kappa shape index (κ1) is 16.8. The maximum atomic E-state index is 12.7. The maximum Gasteiger partial charge on any atom is 0.210 e. The van der Waals surface area contributed by atoms with Crippen LogP contribution in [0.1, 0.15) is 51.0 Å². The molecule has 0 radical (unpaired) electrons. The van der Waals surface area contributed by atoms with Gasteiger partial charge in [0.25, 0.3) is 0 Å². The van der Waals surface area contributed by atoms with E-state index in [1.54, 1.807) is 11.3 Å². The van der Waals surface area contributed by atoms with Gasteiger partial charge in [-0.25, -0.2) is 0 Å². The first-order chi connectivity index (χ1) is 11.9. The molecular weight excluding hydrogens is 332 g/mol. The van der Waals surface area contributed by atoms with Crippen LogP contribution in [0, 0.1) is 18.3 Å². The number of aryl methyl sites for hydroxylation is 1. The molecule has 25 heavy (non-hydrogen) atoms. The SMILES string of the molecule is Cc1sc(C(=O)COc2ccc(CCO)cc2)c2c1[C@H]1[C@@H](C2)C1(C)C. The molecule has 3 nitrogen and oxygen atoms in total. The van der Waals surface area contributed by atoms with Gasteiger partial charge in [0.1, 0.15) is 5.75 Å². The van der Waals surface area contributed by atoms with Crippen molar-refractivity contribution in [1.82, 2.24) is 0 Å². The number of aliphatic hydroxyl groups excluding tert-OH is 1. The molecule has 2 aromatic rings. The van der Waals surface area contributed by atoms with Crippen LogP contribution in [0.5, 0.6) is 5.75 Å². The van der Waals surface area contributed by atoms with E-state index in [1.165, 1.54) is 16.0 Å². The third kappa shape index (κ3) is 2.72. The first-order valence-corrected chi connectivity index (χ1v) is 9.73. The lowest BCUT2D eigenvalue weighted by Crippen LogP contribution is -2.12. The number of hydrogen-bond donors (Lipinski definition) is 1. The predicted molar refractivity (Wildman–Crippen MR) is 99.8 cm³/mol. The Hall–Kier alpha value is -1.65. The van der Waals surface area contributed by atoms with E-state index in [9.17, 15) is 4.79 Å². The molecule has 1 saturated carbocycles. The fourth-order valence-electron chi connectivity index (χ4n) is 4.45. The molecule has 1 heterocycles. The number of hydrogen-bond acceptors (Lipinski definition) is 4. The molecule has 0 spiro atoms. The lowest BCUT2D eigenvalue weighted by Gasteiger charge is -2.10. The Kier molecular flexibility index (Phi) is 4.00. The second-order valence-electron chi connectivity index (χ2n) is 7.82. The standard InChI is InChI=1S/C21H24O3S/c1-12-18-15(10-16-19(18)21(16,2)3)20(25-12)17(23)11-24-14-6-4-13(5-7-14)8-9-22/h4-7,16,19,22H,8-11H2,1-3H3/t16-,19-/m1/s1. The first-order valence-electron chi connectivity index (χ1n) is 8.91. The van der Waals surface area contributed by atoms with E-state index in [1.807, 2.05) is 24.3 Å². The summed E-state index contributed by atoms with van der Waals surface area (Å²) >= 11 is 1.64. The third-order valence-electron chi connectivity index (χ3n) is 5.97. The lowest BCUT2D eigenvalue weighted by atomic mass is 9.95. The normalized spacial score (nSPS) is 22.4. The van der Waals surface area contributed by atoms with Crippen LogP contribution in [0.2, 0.25) is 0 Å². The van der Waals surface area contributed by atoms with Crippen molar-refractivity contribution in [2.45, 2.75) is 39.5 Å². The Balaban J connectivity index is 1.45. The highest BCUT2D eigenvalue weighted by Gasteiger charge is 2.63. The minimum atomic E-state index is 0.0878. The molecule has 1 N–H and O–H groups in total. The molecule has 1 aromatic carbocycles. The van der Waals surface area contributed by atoms with Crippen molar-refractivity contribution in [2.24, 2.45) is 11.3 Å². The highest BCUT2D eigenvalue weighted by molar-refractivity contribution is 7.14. The Morgan fingerprint density at radius 2 is 2.04 bits per heavy atom. The zero-order valence-electron chi connectivity index (χ0n) is 15.0. The molecule has 2 aliphatic rings. The van der Waals surface area contributed by atoms with Crippen LogP contribution >= 0.6 is 11.3 Å². The number of rotatable bonds is 6. The number of thiophene rings is 1. The van der Waals surface area contributed by atoms with Crippen molar-refractivity contribution in [1.29, 1.82) is 0 Å². The van der Waals surface area contributed by atoms with Crippen LogP contribution in [-0.4, -0.2) is 24.1 Å². The molecule has 0 amide bonds. The Morgan fingerprint density at radius 3 is 2.72 bits per heavy atom. The smallest absolute Gasteiger partial charge is 0.210 e. The predicted octanol–water partition coefficient (Wildman–Crippen LogP) is 4.15. The molecule has 0 bridgehead atoms. The van der Waals surface area contributed by atoms with Crippen LogP contribution < -0.4 is 4.74 Å². The number of fused-ring (bicyclic) bond motifs is 3. The van der Waals surface area contributed by atoms with Crippen LogP contribution in [-0.2, 0) is 12.8 Å². The van der Waals surface area contributed by atoms with Crippen molar-refractivity contribution in [3.8, 4) is 5.75 Å². The summed E-state index contributed by atoms with van der Waals surface area (Å²) in [5, 5.41) is 8.95. The molecular formula is C21H24O3S. The molecule has 132 valence electrons. The molecule has 4 heteroatoms. The Bertz CT molecular complexity index is 816. The average Bonchev–Trinajstić information content (AvgIpc) is 2.94. The summed E-state index contributed by atoms with van der Waals surface area (Å²) in [6, 6.07) is 7.58. The molecule has 2 atom stereocenters. The zero-order chi connectivity index (χ0) is 17.8. The largest absolute Gasteiger partial charge is 0.485 e. The highest BCUT2D eigenvalue weighted by atomic mass is 32.1. The molecule has 2 aliphatic carbocycles. The van der Waals surface area contributed by atoms with Gasteiger partial charge in [-0.1, -0.05) is 26.0 Å². The van der Waals surface area contributed by atoms with Crippen molar-refractivity contribution < 1.29 is 14.6 Å². The van der Waals surface area contributed by atoms with E-state index in [0.717, 1.165) is 22.8 Å². The Labute approximate surface area is 152 Å². The van der Waals surface area contributed by atoms with Crippen LogP contribution in [0.3, 0.4) is 0 Å². The zero-order valence-corrected chi connectivity index (χ0v) is 15.8. The maximum absolute atomic E-state index is 12.7. The summed E-state index contributed by atoms with van der Waals surface area (Å²) < 4.78 is 5.70. The number of aliphatic hydroxyl groups is 1. The summed E-state index contributed by atoms with van der Waals surface area (Å²) in [7, 11) is 0. The second kappa shape index (κ2) is 5.96. The topological polar surface area (TPSA) is 46.5 Å². The van der Waals surface area contributed by atoms with Gasteiger partial charge < -0.3 is 9.84 Å². The van der Waals surface area contributed by atoms with Crippen LogP contribution in [0.15, 0.2) is 24.3 Å². The number of ketones is 1. The molecule has 4 rings (SSSR count). The fraction of sp³-hybridized carbons (Fsp3) is 0.476. The van der Waals surface area contributed by atoms with Crippen LogP contribution in [0.25, 0.3) is 0 Å². The molecule has 1 fully saturated rings.